The number of carbonyl (C=O) groups is 1. The third kappa shape index (κ3) is 5.85. The number of methoxy groups -OCH3 is 2. The monoisotopic (exact) mass is 445 g/mol. The van der Waals surface area contributed by atoms with Crippen molar-refractivity contribution < 1.29 is 18.7 Å². The van der Waals surface area contributed by atoms with Crippen molar-refractivity contribution in [2.24, 2.45) is 5.10 Å². The standard InChI is InChI=1S/C19H20FN7O3S/c1-29-15-8-3-12(9-16(15)30-2)10-22-24-18-25-26-19(27(18)21)31-11-17(28)23-14-6-4-13(20)5-7-14/h3-10H,11,21H2,1-2H3,(H,23,28)(H,24,25)/b22-10+. The van der Waals surface area contributed by atoms with E-state index >= 15 is 0 Å². The zero-order valence-corrected chi connectivity index (χ0v) is 17.5. The predicted octanol–water partition coefficient (Wildman–Crippen LogP) is 2.33. The van der Waals surface area contributed by atoms with Crippen molar-refractivity contribution in [2.75, 3.05) is 36.6 Å². The van der Waals surface area contributed by atoms with Crippen LogP contribution >= 0.6 is 11.8 Å². The Balaban J connectivity index is 1.54. The number of nitrogen functional groups attached to an aromatic ring is 1. The minimum Gasteiger partial charge on any atom is -0.493 e. The van der Waals surface area contributed by atoms with Crippen molar-refractivity contribution in [1.29, 1.82) is 0 Å². The zero-order valence-electron chi connectivity index (χ0n) is 16.7. The first-order valence-corrected chi connectivity index (χ1v) is 9.88. The van der Waals surface area contributed by atoms with Gasteiger partial charge in [0.05, 0.1) is 26.2 Å². The van der Waals surface area contributed by atoms with Crippen molar-refractivity contribution in [2.45, 2.75) is 5.16 Å². The molecule has 10 nitrogen and oxygen atoms in total. The van der Waals surface area contributed by atoms with E-state index in [0.717, 1.165) is 17.3 Å². The summed E-state index contributed by atoms with van der Waals surface area (Å²) in [6, 6.07) is 10.8. The second-order valence-corrected chi connectivity index (χ2v) is 6.95. The first-order chi connectivity index (χ1) is 15.0. The number of amides is 1. The van der Waals surface area contributed by atoms with E-state index in [1.165, 1.54) is 28.9 Å². The van der Waals surface area contributed by atoms with E-state index in [9.17, 15) is 9.18 Å². The van der Waals surface area contributed by atoms with Crippen LogP contribution in [0.2, 0.25) is 0 Å². The highest BCUT2D eigenvalue weighted by atomic mass is 32.2. The molecule has 0 aliphatic heterocycles. The molecule has 0 saturated heterocycles. The number of nitrogens with two attached hydrogens (primary N) is 1. The first kappa shape index (κ1) is 21.9. The van der Waals surface area contributed by atoms with Crippen LogP contribution in [0.5, 0.6) is 11.5 Å². The normalized spacial score (nSPS) is 10.8. The molecule has 0 aliphatic rings. The van der Waals surface area contributed by atoms with E-state index in [1.807, 2.05) is 0 Å². The van der Waals surface area contributed by atoms with E-state index in [0.29, 0.717) is 22.3 Å². The van der Waals surface area contributed by atoms with Gasteiger partial charge in [-0.15, -0.1) is 10.2 Å². The third-order valence-electron chi connectivity index (χ3n) is 3.91. The lowest BCUT2D eigenvalue weighted by Gasteiger charge is -2.07. The maximum absolute atomic E-state index is 12.9. The fourth-order valence-electron chi connectivity index (χ4n) is 2.41. The van der Waals surface area contributed by atoms with E-state index < -0.39 is 0 Å². The van der Waals surface area contributed by atoms with Crippen LogP contribution in [-0.2, 0) is 4.79 Å². The van der Waals surface area contributed by atoms with Gasteiger partial charge in [0, 0.05) is 5.69 Å². The number of thioether (sulfide) groups is 1. The van der Waals surface area contributed by atoms with Gasteiger partial charge in [-0.1, -0.05) is 11.8 Å². The molecule has 0 fully saturated rings. The largest absolute Gasteiger partial charge is 0.493 e. The molecule has 3 aromatic rings. The number of hydrogen-bond donors (Lipinski definition) is 3. The van der Waals surface area contributed by atoms with E-state index in [2.05, 4.69) is 26.0 Å². The minimum atomic E-state index is -0.377. The highest BCUT2D eigenvalue weighted by Gasteiger charge is 2.12. The highest BCUT2D eigenvalue weighted by molar-refractivity contribution is 7.99. The van der Waals surface area contributed by atoms with Crippen LogP contribution in [0.15, 0.2) is 52.7 Å². The van der Waals surface area contributed by atoms with Crippen LogP contribution in [-0.4, -0.2) is 47.0 Å². The smallest absolute Gasteiger partial charge is 0.264 e. The van der Waals surface area contributed by atoms with E-state index in [1.54, 1.807) is 38.6 Å². The van der Waals surface area contributed by atoms with E-state index in [4.69, 9.17) is 15.3 Å². The summed E-state index contributed by atoms with van der Waals surface area (Å²) in [5, 5.41) is 14.9. The Morgan fingerprint density at radius 3 is 2.65 bits per heavy atom. The number of anilines is 2. The Morgan fingerprint density at radius 2 is 1.94 bits per heavy atom. The number of rotatable bonds is 9. The number of ether oxygens (including phenoxy) is 2. The molecule has 1 aromatic heterocycles. The number of aromatic nitrogens is 3. The van der Waals surface area contributed by atoms with Gasteiger partial charge in [-0.2, -0.15) is 5.10 Å². The van der Waals surface area contributed by atoms with Gasteiger partial charge in [-0.3, -0.25) is 4.79 Å². The molecule has 1 amide bonds. The average molecular weight is 445 g/mol. The Bertz CT molecular complexity index is 1070. The molecule has 0 bridgehead atoms. The SMILES string of the molecule is COc1ccc(/C=N/Nc2nnc(SCC(=O)Nc3ccc(F)cc3)n2N)cc1OC. The molecule has 3 rings (SSSR count). The molecule has 31 heavy (non-hydrogen) atoms. The van der Waals surface area contributed by atoms with Crippen LogP contribution in [0.3, 0.4) is 0 Å². The molecular formula is C19H20FN7O3S. The quantitative estimate of drug-likeness (QED) is 0.198. The van der Waals surface area contributed by atoms with Gasteiger partial charge in [-0.05, 0) is 48.0 Å². The first-order valence-electron chi connectivity index (χ1n) is 8.90. The van der Waals surface area contributed by atoms with E-state index in [-0.39, 0.29) is 23.4 Å². The number of benzene rings is 2. The molecule has 0 saturated carbocycles. The number of nitrogens with zero attached hydrogens (tertiary/aromatic N) is 4. The van der Waals surface area contributed by atoms with Crippen LogP contribution < -0.4 is 26.1 Å². The van der Waals surface area contributed by atoms with Gasteiger partial charge < -0.3 is 20.6 Å². The zero-order chi connectivity index (χ0) is 22.2. The lowest BCUT2D eigenvalue weighted by Crippen LogP contribution is -2.16. The summed E-state index contributed by atoms with van der Waals surface area (Å²) in [6.45, 7) is 0. The number of halogens is 1. The van der Waals surface area contributed by atoms with Gasteiger partial charge in [0.25, 0.3) is 5.95 Å². The number of hydrogen-bond acceptors (Lipinski definition) is 9. The molecule has 0 aliphatic carbocycles. The third-order valence-corrected chi connectivity index (χ3v) is 4.85. The maximum Gasteiger partial charge on any atom is 0.264 e. The molecule has 2 aromatic carbocycles. The molecule has 162 valence electrons. The van der Waals surface area contributed by atoms with Crippen LogP contribution in [0.1, 0.15) is 5.56 Å². The van der Waals surface area contributed by atoms with Gasteiger partial charge in [0.2, 0.25) is 11.1 Å². The van der Waals surface area contributed by atoms with Crippen LogP contribution in [0.4, 0.5) is 16.0 Å². The molecule has 0 atom stereocenters. The summed E-state index contributed by atoms with van der Waals surface area (Å²) in [6.07, 6.45) is 1.56. The number of carbonyl (C=O) groups excluding carboxylic acids is 1. The van der Waals surface area contributed by atoms with Crippen molar-refractivity contribution in [1.82, 2.24) is 14.9 Å². The lowest BCUT2D eigenvalue weighted by molar-refractivity contribution is -0.113. The molecule has 0 radical (unpaired) electrons. The fourth-order valence-corrected chi connectivity index (χ4v) is 3.07. The van der Waals surface area contributed by atoms with Gasteiger partial charge in [0.15, 0.2) is 11.5 Å². The van der Waals surface area contributed by atoms with Crippen molar-refractivity contribution >= 4 is 35.5 Å². The Labute approximate surface area is 181 Å². The summed E-state index contributed by atoms with van der Waals surface area (Å²) in [4.78, 5) is 12.0. The second kappa shape index (κ2) is 10.3. The van der Waals surface area contributed by atoms with Crippen LogP contribution in [0.25, 0.3) is 0 Å². The average Bonchev–Trinajstić information content (AvgIpc) is 3.13. The number of nitrogens with one attached hydrogen (secondary N) is 2. The van der Waals surface area contributed by atoms with Crippen LogP contribution in [0, 0.1) is 5.82 Å². The number of hydrazone groups is 1. The van der Waals surface area contributed by atoms with Gasteiger partial charge in [-0.25, -0.2) is 14.5 Å². The summed E-state index contributed by atoms with van der Waals surface area (Å²) < 4.78 is 24.5. The molecule has 12 heteroatoms. The summed E-state index contributed by atoms with van der Waals surface area (Å²) >= 11 is 1.09. The Hall–Kier alpha value is -3.80. The summed E-state index contributed by atoms with van der Waals surface area (Å²) in [7, 11) is 3.11. The highest BCUT2D eigenvalue weighted by Crippen LogP contribution is 2.27. The summed E-state index contributed by atoms with van der Waals surface area (Å²) in [5.41, 5.74) is 3.95. The van der Waals surface area contributed by atoms with Gasteiger partial charge in [0.1, 0.15) is 5.82 Å². The fraction of sp³-hybridized carbons (Fsp3) is 0.158. The van der Waals surface area contributed by atoms with Crippen molar-refractivity contribution in [3.63, 3.8) is 0 Å². The molecule has 0 unspecified atom stereocenters. The Morgan fingerprint density at radius 1 is 1.19 bits per heavy atom. The van der Waals surface area contributed by atoms with Crippen molar-refractivity contribution in [3.05, 3.63) is 53.8 Å². The lowest BCUT2D eigenvalue weighted by atomic mass is 10.2. The second-order valence-electron chi connectivity index (χ2n) is 6.00. The predicted molar refractivity (Wildman–Crippen MR) is 117 cm³/mol. The minimum absolute atomic E-state index is 0.0433. The maximum atomic E-state index is 12.9. The molecule has 0 spiro atoms. The molecule has 4 N–H and O–H groups in total. The molecule has 1 heterocycles. The van der Waals surface area contributed by atoms with Crippen molar-refractivity contribution in [3.8, 4) is 11.5 Å². The van der Waals surface area contributed by atoms with Gasteiger partial charge >= 0.3 is 0 Å². The summed E-state index contributed by atoms with van der Waals surface area (Å²) in [5.74, 6) is 6.70. The molecular weight excluding hydrogens is 425 g/mol. The topological polar surface area (TPSA) is 129 Å². The Kier molecular flexibility index (Phi) is 7.27.